The molecule has 1 aromatic carbocycles. The highest BCUT2D eigenvalue weighted by molar-refractivity contribution is 7.46. The van der Waals surface area contributed by atoms with E-state index in [0.29, 0.717) is 0 Å². The normalized spacial score (nSPS) is 16.4. The molecule has 0 amide bonds. The third-order valence-corrected chi connectivity index (χ3v) is 5.69. The number of rotatable bonds is 11. The quantitative estimate of drug-likeness (QED) is 0.141. The monoisotopic (exact) mass is 528 g/mol. The van der Waals surface area contributed by atoms with Gasteiger partial charge in [-0.3, -0.25) is 14.6 Å². The molecule has 0 bridgehead atoms. The first kappa shape index (κ1) is 29.1. The molecular formula is C22H29N2O11P. The lowest BCUT2D eigenvalue weighted by Gasteiger charge is -2.37. The summed E-state index contributed by atoms with van der Waals surface area (Å²) in [6, 6.07) is 5.44. The lowest BCUT2D eigenvalue weighted by molar-refractivity contribution is -0.384. The molecule has 1 atom stereocenters. The summed E-state index contributed by atoms with van der Waals surface area (Å²) < 4.78 is 31.6. The molecule has 14 heteroatoms. The van der Waals surface area contributed by atoms with Crippen LogP contribution in [0.4, 0.5) is 5.69 Å². The number of nitrogens with zero attached hydrogens (tertiary/aromatic N) is 2. The fourth-order valence-corrected chi connectivity index (χ4v) is 3.95. The Kier molecular flexibility index (Phi) is 9.91. The van der Waals surface area contributed by atoms with Crippen LogP contribution in [0.2, 0.25) is 0 Å². The molecule has 2 rings (SSSR count). The summed E-state index contributed by atoms with van der Waals surface area (Å²) in [6.07, 6.45) is -0.549. The van der Waals surface area contributed by atoms with E-state index in [9.17, 15) is 34.1 Å². The first-order valence-electron chi connectivity index (χ1n) is 10.8. The number of methoxy groups -OCH3 is 1. The van der Waals surface area contributed by atoms with Crippen molar-refractivity contribution in [1.29, 1.82) is 0 Å². The van der Waals surface area contributed by atoms with E-state index in [2.05, 4.69) is 4.52 Å². The van der Waals surface area contributed by atoms with E-state index in [0.717, 1.165) is 0 Å². The molecule has 198 valence electrons. The summed E-state index contributed by atoms with van der Waals surface area (Å²) in [6.45, 7) is 5.47. The highest BCUT2D eigenvalue weighted by Gasteiger charge is 2.41. The third kappa shape index (κ3) is 7.21. The van der Waals surface area contributed by atoms with Gasteiger partial charge in [0.1, 0.15) is 13.3 Å². The molecule has 13 nitrogen and oxygen atoms in total. The van der Waals surface area contributed by atoms with Gasteiger partial charge in [-0.1, -0.05) is 12.1 Å². The highest BCUT2D eigenvalue weighted by Crippen LogP contribution is 2.45. The van der Waals surface area contributed by atoms with Crippen LogP contribution in [0.15, 0.2) is 46.8 Å². The number of carbonyl (C=O) groups excluding carboxylic acids is 2. The zero-order valence-electron chi connectivity index (χ0n) is 20.5. The Bertz CT molecular complexity index is 1120. The average Bonchev–Trinajstić information content (AvgIpc) is 2.77. The van der Waals surface area contributed by atoms with Crippen molar-refractivity contribution in [2.24, 2.45) is 0 Å². The van der Waals surface area contributed by atoms with Crippen LogP contribution in [0, 0.1) is 10.1 Å². The topological polar surface area (TPSA) is 175 Å². The van der Waals surface area contributed by atoms with Crippen molar-refractivity contribution in [3.63, 3.8) is 0 Å². The van der Waals surface area contributed by atoms with Crippen LogP contribution in [-0.2, 0) is 32.9 Å². The predicted molar refractivity (Wildman–Crippen MR) is 125 cm³/mol. The van der Waals surface area contributed by atoms with Crippen molar-refractivity contribution >= 4 is 25.4 Å². The van der Waals surface area contributed by atoms with Gasteiger partial charge in [0.2, 0.25) is 0 Å². The fraction of sp³-hybridized carbons (Fsp3) is 0.455. The smallest absolute Gasteiger partial charge is 0.460 e. The summed E-state index contributed by atoms with van der Waals surface area (Å²) >= 11 is 0. The summed E-state index contributed by atoms with van der Waals surface area (Å²) in [5.74, 6) is -2.82. The zero-order valence-corrected chi connectivity index (χ0v) is 21.4. The minimum absolute atomic E-state index is 0.0669. The Balaban J connectivity index is 2.78. The fourth-order valence-electron chi connectivity index (χ4n) is 3.69. The molecule has 0 radical (unpaired) electrons. The number of esters is 2. The van der Waals surface area contributed by atoms with Crippen molar-refractivity contribution in [2.75, 3.05) is 27.1 Å². The van der Waals surface area contributed by atoms with Gasteiger partial charge in [-0.05, 0) is 33.3 Å². The summed E-state index contributed by atoms with van der Waals surface area (Å²) in [4.78, 5) is 57.0. The van der Waals surface area contributed by atoms with Crippen LogP contribution in [0.1, 0.15) is 39.2 Å². The second-order valence-corrected chi connectivity index (χ2v) is 9.28. The van der Waals surface area contributed by atoms with Crippen LogP contribution >= 0.6 is 7.82 Å². The SMILES string of the molecule is COCCOC(=O)C1=C(C)N(COP(=O)(O)O)C(C)=C(C(=O)OC(C)C)C1c1cccc([N+](=O)[O-])c1. The van der Waals surface area contributed by atoms with Gasteiger partial charge in [0.05, 0.1) is 34.7 Å². The molecule has 1 aliphatic heterocycles. The number of allylic oxidation sites excluding steroid dienone is 2. The van der Waals surface area contributed by atoms with E-state index in [-0.39, 0.29) is 47.0 Å². The molecule has 0 aromatic heterocycles. The molecular weight excluding hydrogens is 499 g/mol. The molecule has 1 unspecified atom stereocenters. The van der Waals surface area contributed by atoms with Gasteiger partial charge in [0, 0.05) is 30.6 Å². The predicted octanol–water partition coefficient (Wildman–Crippen LogP) is 2.75. The van der Waals surface area contributed by atoms with Gasteiger partial charge in [-0.25, -0.2) is 14.2 Å². The first-order chi connectivity index (χ1) is 16.8. The largest absolute Gasteiger partial charge is 0.471 e. The number of non-ortho nitro benzene ring substituents is 1. The number of nitro groups is 1. The molecule has 0 aliphatic carbocycles. The van der Waals surface area contributed by atoms with Gasteiger partial charge in [-0.15, -0.1) is 0 Å². The lowest BCUT2D eigenvalue weighted by atomic mass is 9.79. The summed E-state index contributed by atoms with van der Waals surface area (Å²) in [5, 5.41) is 11.4. The third-order valence-electron chi connectivity index (χ3n) is 5.24. The Morgan fingerprint density at radius 2 is 1.75 bits per heavy atom. The van der Waals surface area contributed by atoms with E-state index in [1.165, 1.54) is 50.1 Å². The molecule has 0 fully saturated rings. The standard InChI is InChI=1S/C22H29N2O11P/c1-13(2)35-22(26)19-15(4)23(12-34-36(29,30)31)14(3)18(21(25)33-10-9-32-5)20(19)16-7-6-8-17(11-16)24(27)28/h6-8,11,13,20H,9-10,12H2,1-5H3,(H2,29,30,31). The van der Waals surface area contributed by atoms with E-state index < -0.39 is 43.4 Å². The number of ether oxygens (including phenoxy) is 3. The molecule has 36 heavy (non-hydrogen) atoms. The minimum atomic E-state index is -4.92. The number of phosphoric ester groups is 1. The highest BCUT2D eigenvalue weighted by atomic mass is 31.2. The molecule has 2 N–H and O–H groups in total. The maximum absolute atomic E-state index is 13.3. The van der Waals surface area contributed by atoms with Crippen LogP contribution in [0.3, 0.4) is 0 Å². The van der Waals surface area contributed by atoms with Gasteiger partial charge in [0.25, 0.3) is 5.69 Å². The van der Waals surface area contributed by atoms with Crippen LogP contribution < -0.4 is 0 Å². The average molecular weight is 528 g/mol. The van der Waals surface area contributed by atoms with E-state index in [1.54, 1.807) is 13.8 Å². The lowest BCUT2D eigenvalue weighted by Crippen LogP contribution is -2.37. The second-order valence-electron chi connectivity index (χ2n) is 8.04. The maximum Gasteiger partial charge on any atom is 0.471 e. The Hall–Kier alpha value is -3.09. The molecule has 0 saturated carbocycles. The van der Waals surface area contributed by atoms with Crippen molar-refractivity contribution in [3.05, 3.63) is 62.5 Å². The van der Waals surface area contributed by atoms with E-state index in [1.807, 2.05) is 0 Å². The summed E-state index contributed by atoms with van der Waals surface area (Å²) in [7, 11) is -3.50. The number of benzene rings is 1. The number of carbonyl (C=O) groups is 2. The van der Waals surface area contributed by atoms with Gasteiger partial charge in [-0.2, -0.15) is 0 Å². The van der Waals surface area contributed by atoms with Crippen molar-refractivity contribution in [1.82, 2.24) is 4.90 Å². The van der Waals surface area contributed by atoms with Crippen LogP contribution in [0.25, 0.3) is 0 Å². The molecule has 1 aromatic rings. The maximum atomic E-state index is 13.3. The number of hydrogen-bond acceptors (Lipinski definition) is 10. The first-order valence-corrected chi connectivity index (χ1v) is 12.3. The molecule has 1 aliphatic rings. The number of nitro benzene ring substituents is 1. The van der Waals surface area contributed by atoms with Gasteiger partial charge in [0.15, 0.2) is 0 Å². The van der Waals surface area contributed by atoms with Gasteiger partial charge >= 0.3 is 19.8 Å². The second kappa shape index (κ2) is 12.2. The molecule has 0 spiro atoms. The van der Waals surface area contributed by atoms with E-state index >= 15 is 0 Å². The van der Waals surface area contributed by atoms with Gasteiger partial charge < -0.3 is 28.9 Å². The van der Waals surface area contributed by atoms with E-state index in [4.69, 9.17) is 14.2 Å². The minimum Gasteiger partial charge on any atom is -0.460 e. The molecule has 1 heterocycles. The van der Waals surface area contributed by atoms with Crippen LogP contribution in [-0.4, -0.2) is 64.7 Å². The zero-order chi connectivity index (χ0) is 27.2. The Morgan fingerprint density at radius 1 is 1.14 bits per heavy atom. The van der Waals surface area contributed by atoms with Crippen molar-refractivity contribution in [3.8, 4) is 0 Å². The number of hydrogen-bond donors (Lipinski definition) is 2. The van der Waals surface area contributed by atoms with Crippen molar-refractivity contribution < 1.29 is 47.6 Å². The number of phosphoric acid groups is 1. The molecule has 0 saturated heterocycles. The van der Waals surface area contributed by atoms with Crippen molar-refractivity contribution in [2.45, 2.75) is 39.7 Å². The Morgan fingerprint density at radius 3 is 2.28 bits per heavy atom. The summed E-state index contributed by atoms with van der Waals surface area (Å²) in [5.41, 5.74) is 0.175. The van der Waals surface area contributed by atoms with Crippen LogP contribution in [0.5, 0.6) is 0 Å². The Labute approximate surface area is 207 Å².